The lowest BCUT2D eigenvalue weighted by Gasteiger charge is -2.27. The van der Waals surface area contributed by atoms with Gasteiger partial charge in [0.25, 0.3) is 10.0 Å². The van der Waals surface area contributed by atoms with Gasteiger partial charge in [0.05, 0.1) is 24.1 Å². The van der Waals surface area contributed by atoms with Crippen LogP contribution in [0.2, 0.25) is 0 Å². The number of rotatable bonds is 19. The molecular formula is C41H52BrN9O7S2. The molecular weight excluding hydrogens is 875 g/mol. The smallest absolute Gasteiger partial charge is 0.315 e. The van der Waals surface area contributed by atoms with Crippen molar-refractivity contribution in [2.45, 2.75) is 89.9 Å². The van der Waals surface area contributed by atoms with Crippen LogP contribution in [-0.4, -0.2) is 79.8 Å². The number of hydrogen-bond acceptors (Lipinski definition) is 11. The second-order valence-corrected chi connectivity index (χ2v) is 17.9. The third-order valence-electron chi connectivity index (χ3n) is 9.66. The van der Waals surface area contributed by atoms with Gasteiger partial charge in [0.2, 0.25) is 23.6 Å². The topological polar surface area (TPSA) is 236 Å². The van der Waals surface area contributed by atoms with Crippen LogP contribution in [0.15, 0.2) is 80.8 Å². The average molecular weight is 927 g/mol. The molecule has 4 aromatic rings. The number of aromatic nitrogens is 2. The minimum absolute atomic E-state index is 0.0139. The van der Waals surface area contributed by atoms with Crippen molar-refractivity contribution in [1.82, 2.24) is 36.0 Å². The number of nitrogens with zero attached hydrogens (tertiary/aromatic N) is 3. The predicted molar refractivity (Wildman–Crippen MR) is 234 cm³/mol. The number of halogens is 1. The fourth-order valence-electron chi connectivity index (χ4n) is 6.37. The van der Waals surface area contributed by atoms with Crippen molar-refractivity contribution >= 4 is 66.9 Å². The maximum atomic E-state index is 13.9. The van der Waals surface area contributed by atoms with Crippen LogP contribution in [0.1, 0.15) is 77.3 Å². The molecule has 7 N–H and O–H groups in total. The van der Waals surface area contributed by atoms with Gasteiger partial charge in [-0.3, -0.25) is 24.4 Å². The molecule has 2 aromatic heterocycles. The summed E-state index contributed by atoms with van der Waals surface area (Å²) in [6, 6.07) is 8.33. The number of benzene rings is 2. The van der Waals surface area contributed by atoms with Gasteiger partial charge < -0.3 is 31.7 Å². The van der Waals surface area contributed by atoms with Gasteiger partial charge in [-0.2, -0.15) is 0 Å². The van der Waals surface area contributed by atoms with Crippen LogP contribution in [0.25, 0.3) is 0 Å². The van der Waals surface area contributed by atoms with Gasteiger partial charge in [-0.05, 0) is 98.5 Å². The largest absolute Gasteiger partial charge is 0.496 e. The number of amides is 4. The maximum absolute atomic E-state index is 13.9. The summed E-state index contributed by atoms with van der Waals surface area (Å²) < 4.78 is 35.2. The van der Waals surface area contributed by atoms with Gasteiger partial charge in [-0.1, -0.05) is 48.0 Å². The van der Waals surface area contributed by atoms with Crippen molar-refractivity contribution in [2.75, 3.05) is 13.7 Å². The summed E-state index contributed by atoms with van der Waals surface area (Å²) in [5, 5.41) is 13.0. The summed E-state index contributed by atoms with van der Waals surface area (Å²) in [4.78, 5) is 67.3. The summed E-state index contributed by atoms with van der Waals surface area (Å²) in [5.74, 6) is -1.91. The number of aliphatic imine (C=N–C) groups is 1. The SMILES string of the molecule is COc1cc(C)c(S(=O)(=O)NC(N)=NCCC[C@H](NC(=O)[C@@H](NC(=O)[C@H](Cc2cccnc2)NC(=O)N[C@H](C)c2ccc(Br)cc2)C(C)C)C(=O)c2nccs2)c(C)c1C. The van der Waals surface area contributed by atoms with E-state index in [0.29, 0.717) is 28.0 Å². The zero-order valence-corrected chi connectivity index (χ0v) is 37.8. The second-order valence-electron chi connectivity index (χ2n) is 14.5. The summed E-state index contributed by atoms with van der Waals surface area (Å²) in [5.41, 5.74) is 9.20. The minimum Gasteiger partial charge on any atom is -0.496 e. The molecule has 4 rings (SSSR count). The van der Waals surface area contributed by atoms with Crippen LogP contribution in [0.3, 0.4) is 0 Å². The summed E-state index contributed by atoms with van der Waals surface area (Å²) in [6.45, 7) is 10.4. The number of ether oxygens (including phenoxy) is 1. The number of methoxy groups -OCH3 is 1. The predicted octanol–water partition coefficient (Wildman–Crippen LogP) is 4.79. The molecule has 16 nitrogen and oxygen atoms in total. The number of guanidine groups is 1. The van der Waals surface area contributed by atoms with Gasteiger partial charge in [-0.25, -0.2) is 22.9 Å². The zero-order chi connectivity index (χ0) is 44.1. The van der Waals surface area contributed by atoms with Crippen LogP contribution in [0, 0.1) is 26.7 Å². The molecule has 0 aliphatic heterocycles. The first-order chi connectivity index (χ1) is 28.4. The van der Waals surface area contributed by atoms with E-state index in [1.165, 1.54) is 13.3 Å². The van der Waals surface area contributed by atoms with Crippen molar-refractivity contribution in [3.63, 3.8) is 0 Å². The standard InChI is InChI=1S/C41H52BrN9O7S2/c1-23(2)34(50-37(53)32(21-28-10-8-16-44-22-28)49-41(55)47-27(6)29-12-14-30(42)15-13-29)38(54)48-31(35(52)39-45-18-19-59-39)11-9-17-46-40(43)51-60(56,57)36-24(3)20-33(58-7)25(4)26(36)5/h8,10,12-16,18-20,22-23,27,31-32,34H,9,11,17,21H2,1-7H3,(H,48,54)(H,50,53)(H3,43,46,51)(H2,47,49,55)/t27-,31+,32+,34+/m1/s1. The molecule has 2 heterocycles. The van der Waals surface area contributed by atoms with E-state index < -0.39 is 57.7 Å². The molecule has 60 heavy (non-hydrogen) atoms. The number of ketones is 1. The van der Waals surface area contributed by atoms with Crippen molar-refractivity contribution in [3.05, 3.63) is 104 Å². The highest BCUT2D eigenvalue weighted by Crippen LogP contribution is 2.30. The maximum Gasteiger partial charge on any atom is 0.315 e. The van der Waals surface area contributed by atoms with Crippen molar-refractivity contribution in [3.8, 4) is 5.75 Å². The molecule has 0 bridgehead atoms. The number of nitrogens with two attached hydrogens (primary N) is 1. The van der Waals surface area contributed by atoms with Crippen LogP contribution in [-0.2, 0) is 26.0 Å². The quantitative estimate of drug-likeness (QED) is 0.0326. The number of thiazole rings is 1. The molecule has 4 atom stereocenters. The molecule has 0 saturated carbocycles. The summed E-state index contributed by atoms with van der Waals surface area (Å²) >= 11 is 4.52. The van der Waals surface area contributed by atoms with Crippen molar-refractivity contribution in [1.29, 1.82) is 0 Å². The van der Waals surface area contributed by atoms with E-state index >= 15 is 0 Å². The number of Topliss-reactive ketones (excluding diaryl/α,β-unsaturated/α-hetero) is 1. The van der Waals surface area contributed by atoms with Crippen LogP contribution < -0.4 is 36.5 Å². The van der Waals surface area contributed by atoms with E-state index in [1.807, 2.05) is 31.2 Å². The molecule has 322 valence electrons. The number of urea groups is 1. The van der Waals surface area contributed by atoms with Gasteiger partial charge >= 0.3 is 6.03 Å². The highest BCUT2D eigenvalue weighted by molar-refractivity contribution is 9.10. The van der Waals surface area contributed by atoms with Crippen LogP contribution in [0.5, 0.6) is 5.75 Å². The molecule has 2 aromatic carbocycles. The minimum atomic E-state index is -4.10. The van der Waals surface area contributed by atoms with Crippen molar-refractivity contribution < 1.29 is 32.3 Å². The first kappa shape index (κ1) is 47.3. The van der Waals surface area contributed by atoms with E-state index in [-0.39, 0.29) is 47.7 Å². The molecule has 0 aliphatic rings. The zero-order valence-electron chi connectivity index (χ0n) is 34.5. The number of carbonyl (C=O) groups excluding carboxylic acids is 4. The molecule has 0 radical (unpaired) electrons. The third-order valence-corrected chi connectivity index (χ3v) is 12.6. The Morgan fingerprint density at radius 1 is 0.933 bits per heavy atom. The molecule has 0 unspecified atom stereocenters. The lowest BCUT2D eigenvalue weighted by Crippen LogP contribution is -2.58. The Hall–Kier alpha value is -5.40. The lowest BCUT2D eigenvalue weighted by atomic mass is 10.00. The summed E-state index contributed by atoms with van der Waals surface area (Å²) in [6.07, 6.45) is 5.04. The molecule has 0 aliphatic carbocycles. The average Bonchev–Trinajstić information content (AvgIpc) is 3.74. The Bertz CT molecular complexity index is 2260. The molecule has 4 amide bonds. The summed E-state index contributed by atoms with van der Waals surface area (Å²) in [7, 11) is -2.59. The number of pyridine rings is 1. The second kappa shape index (κ2) is 21.7. The van der Waals surface area contributed by atoms with E-state index in [2.05, 4.69) is 56.9 Å². The number of hydrogen-bond donors (Lipinski definition) is 6. The number of sulfonamides is 1. The van der Waals surface area contributed by atoms with Crippen molar-refractivity contribution in [2.24, 2.45) is 16.6 Å². The van der Waals surface area contributed by atoms with Crippen LogP contribution >= 0.6 is 27.3 Å². The fourth-order valence-corrected chi connectivity index (χ4v) is 8.75. The first-order valence-electron chi connectivity index (χ1n) is 19.1. The normalized spacial score (nSPS) is 13.7. The van der Waals surface area contributed by atoms with E-state index in [0.717, 1.165) is 21.4 Å². The Morgan fingerprint density at radius 3 is 2.27 bits per heavy atom. The van der Waals surface area contributed by atoms with Gasteiger partial charge in [-0.15, -0.1) is 11.3 Å². The lowest BCUT2D eigenvalue weighted by molar-refractivity contribution is -0.131. The molecule has 19 heteroatoms. The Kier molecular flexibility index (Phi) is 17.1. The molecule has 0 saturated heterocycles. The fraction of sp³-hybridized carbons (Fsp3) is 0.390. The number of carbonyl (C=O) groups is 4. The van der Waals surface area contributed by atoms with Gasteiger partial charge in [0, 0.05) is 41.4 Å². The number of aryl methyl sites for hydroxylation is 1. The van der Waals surface area contributed by atoms with E-state index in [4.69, 9.17) is 10.5 Å². The highest BCUT2D eigenvalue weighted by atomic mass is 79.9. The molecule has 0 fully saturated rings. The Labute approximate surface area is 363 Å². The first-order valence-corrected chi connectivity index (χ1v) is 22.3. The number of nitrogens with one attached hydrogen (secondary N) is 5. The Balaban J connectivity index is 1.46. The van der Waals surface area contributed by atoms with Gasteiger partial charge in [0.15, 0.2) is 5.01 Å². The highest BCUT2D eigenvalue weighted by Gasteiger charge is 2.33. The van der Waals surface area contributed by atoms with Crippen LogP contribution in [0.4, 0.5) is 4.79 Å². The van der Waals surface area contributed by atoms with E-state index in [9.17, 15) is 27.6 Å². The monoisotopic (exact) mass is 925 g/mol. The Morgan fingerprint density at radius 2 is 1.65 bits per heavy atom. The van der Waals surface area contributed by atoms with Gasteiger partial charge in [0.1, 0.15) is 17.8 Å². The third kappa shape index (κ3) is 13.0. The molecule has 0 spiro atoms. The van der Waals surface area contributed by atoms with E-state index in [1.54, 1.807) is 70.6 Å².